The van der Waals surface area contributed by atoms with Gasteiger partial charge in [-0.05, 0) is 18.2 Å². The molecule has 0 spiro atoms. The molecule has 8 heteroatoms. The Bertz CT molecular complexity index is 680. The molecule has 7 nitrogen and oxygen atoms in total. The van der Waals surface area contributed by atoms with Gasteiger partial charge >= 0.3 is 0 Å². The van der Waals surface area contributed by atoms with Crippen molar-refractivity contribution < 1.29 is 14.4 Å². The first-order valence-corrected chi connectivity index (χ1v) is 5.60. The second kappa shape index (κ2) is 5.39. The first-order valence-electron chi connectivity index (χ1n) is 5.60. The number of rotatable bonds is 3. The zero-order chi connectivity index (χ0) is 14.7. The normalized spacial score (nSPS) is 11.4. The fraction of sp³-hybridized carbons (Fsp3) is 0.0833. The van der Waals surface area contributed by atoms with E-state index in [0.29, 0.717) is 5.69 Å². The van der Waals surface area contributed by atoms with Gasteiger partial charge in [-0.1, -0.05) is 11.2 Å². The summed E-state index contributed by atoms with van der Waals surface area (Å²) in [5.41, 5.74) is 5.63. The van der Waals surface area contributed by atoms with Crippen LogP contribution in [0.25, 0.3) is 0 Å². The van der Waals surface area contributed by atoms with E-state index in [4.69, 9.17) is 10.9 Å². The summed E-state index contributed by atoms with van der Waals surface area (Å²) in [6.07, 6.45) is 1.46. The zero-order valence-electron chi connectivity index (χ0n) is 10.5. The molecule has 0 saturated carbocycles. The van der Waals surface area contributed by atoms with Gasteiger partial charge in [0.05, 0.1) is 11.3 Å². The lowest BCUT2D eigenvalue weighted by molar-refractivity contribution is 0.101. The predicted molar refractivity (Wildman–Crippen MR) is 70.1 cm³/mol. The highest BCUT2D eigenvalue weighted by Crippen LogP contribution is 2.19. The summed E-state index contributed by atoms with van der Waals surface area (Å²) in [6, 6.07) is 5.51. The molecule has 104 valence electrons. The van der Waals surface area contributed by atoms with E-state index in [0.717, 1.165) is 6.07 Å². The highest BCUT2D eigenvalue weighted by molar-refractivity contribution is 6.09. The maximum Gasteiger partial charge on any atom is 0.273 e. The molecule has 2 aromatic rings. The molecule has 4 N–H and O–H groups in total. The molecule has 0 atom stereocenters. The van der Waals surface area contributed by atoms with Crippen molar-refractivity contribution >= 4 is 17.4 Å². The fourth-order valence-electron chi connectivity index (χ4n) is 1.72. The number of aromatic nitrogens is 2. The zero-order valence-corrected chi connectivity index (χ0v) is 10.5. The average Bonchev–Trinajstić information content (AvgIpc) is 2.84. The Morgan fingerprint density at radius 1 is 1.50 bits per heavy atom. The van der Waals surface area contributed by atoms with Crippen LogP contribution in [0.5, 0.6) is 0 Å². The molecule has 0 bridgehead atoms. The third-order valence-electron chi connectivity index (χ3n) is 2.68. The Morgan fingerprint density at radius 2 is 2.25 bits per heavy atom. The summed E-state index contributed by atoms with van der Waals surface area (Å²) in [6.45, 7) is 0. The second-order valence-electron chi connectivity index (χ2n) is 3.94. The van der Waals surface area contributed by atoms with Crippen molar-refractivity contribution in [2.24, 2.45) is 17.9 Å². The van der Waals surface area contributed by atoms with Gasteiger partial charge in [0.1, 0.15) is 11.5 Å². The van der Waals surface area contributed by atoms with Gasteiger partial charge in [-0.25, -0.2) is 4.39 Å². The predicted octanol–water partition coefficient (Wildman–Crippen LogP) is 0.906. The van der Waals surface area contributed by atoms with E-state index in [1.807, 2.05) is 0 Å². The minimum atomic E-state index is -0.705. The molecule has 20 heavy (non-hydrogen) atoms. The highest BCUT2D eigenvalue weighted by atomic mass is 19.1. The topological polar surface area (TPSA) is 106 Å². The standard InChI is InChI=1S/C12H12FN5O2/c1-18-9(5-6-15-18)12(19)16-8-4-2-3-7(13)10(8)11(14)17-20/h2-6,20H,1H3,(H2,14,17)(H,16,19). The molecule has 1 aromatic carbocycles. The number of carbonyl (C=O) groups is 1. The van der Waals surface area contributed by atoms with Gasteiger partial charge in [-0.15, -0.1) is 0 Å². The average molecular weight is 277 g/mol. The van der Waals surface area contributed by atoms with E-state index in [-0.39, 0.29) is 11.3 Å². The monoisotopic (exact) mass is 277 g/mol. The number of nitrogens with zero attached hydrogens (tertiary/aromatic N) is 3. The number of amidine groups is 1. The van der Waals surface area contributed by atoms with Crippen LogP contribution in [0.3, 0.4) is 0 Å². The number of carbonyl (C=O) groups excluding carboxylic acids is 1. The van der Waals surface area contributed by atoms with Crippen molar-refractivity contribution in [1.82, 2.24) is 9.78 Å². The minimum absolute atomic E-state index is 0.103. The lowest BCUT2D eigenvalue weighted by Crippen LogP contribution is -2.22. The fourth-order valence-corrected chi connectivity index (χ4v) is 1.72. The molecule has 0 unspecified atom stereocenters. The highest BCUT2D eigenvalue weighted by Gasteiger charge is 2.17. The van der Waals surface area contributed by atoms with E-state index in [1.54, 1.807) is 7.05 Å². The quantitative estimate of drug-likeness (QED) is 0.335. The van der Waals surface area contributed by atoms with E-state index in [1.165, 1.54) is 29.1 Å². The Kier molecular flexibility index (Phi) is 3.65. The Morgan fingerprint density at radius 3 is 2.85 bits per heavy atom. The molecule has 0 aliphatic carbocycles. The first kappa shape index (κ1) is 13.5. The van der Waals surface area contributed by atoms with Crippen LogP contribution in [0, 0.1) is 5.82 Å². The molecule has 1 amide bonds. The molecule has 0 saturated heterocycles. The number of amides is 1. The second-order valence-corrected chi connectivity index (χ2v) is 3.94. The summed E-state index contributed by atoms with van der Waals surface area (Å²) >= 11 is 0. The van der Waals surface area contributed by atoms with Crippen molar-refractivity contribution in [2.75, 3.05) is 5.32 Å². The molecule has 0 aliphatic rings. The van der Waals surface area contributed by atoms with Crippen LogP contribution in [-0.4, -0.2) is 26.7 Å². The van der Waals surface area contributed by atoms with Gasteiger partial charge in [0.25, 0.3) is 5.91 Å². The summed E-state index contributed by atoms with van der Waals surface area (Å²) in [4.78, 5) is 12.0. The number of hydrogen-bond acceptors (Lipinski definition) is 4. The van der Waals surface area contributed by atoms with Crippen molar-refractivity contribution in [3.63, 3.8) is 0 Å². The van der Waals surface area contributed by atoms with Crippen LogP contribution in [0.1, 0.15) is 16.1 Å². The van der Waals surface area contributed by atoms with Crippen LogP contribution in [0.4, 0.5) is 10.1 Å². The van der Waals surface area contributed by atoms with Gasteiger partial charge in [0.15, 0.2) is 5.84 Å². The molecule has 1 heterocycles. The minimum Gasteiger partial charge on any atom is -0.409 e. The summed E-state index contributed by atoms with van der Waals surface area (Å²) in [5, 5.41) is 17.8. The van der Waals surface area contributed by atoms with Gasteiger partial charge < -0.3 is 16.3 Å². The largest absolute Gasteiger partial charge is 0.409 e. The van der Waals surface area contributed by atoms with Gasteiger partial charge in [0.2, 0.25) is 0 Å². The van der Waals surface area contributed by atoms with Gasteiger partial charge in [0, 0.05) is 13.2 Å². The van der Waals surface area contributed by atoms with Gasteiger partial charge in [-0.2, -0.15) is 5.10 Å². The summed E-state index contributed by atoms with van der Waals surface area (Å²) < 4.78 is 15.1. The SMILES string of the molecule is Cn1nccc1C(=O)Nc1cccc(F)c1C(N)=NO. The number of nitrogens with two attached hydrogens (primary N) is 1. The van der Waals surface area contributed by atoms with Crippen LogP contribution in [0.2, 0.25) is 0 Å². The van der Waals surface area contributed by atoms with Crippen LogP contribution in [0.15, 0.2) is 35.6 Å². The number of oxime groups is 1. The summed E-state index contributed by atoms with van der Waals surface area (Å²) in [5.74, 6) is -1.62. The molecule has 0 radical (unpaired) electrons. The number of nitrogens with one attached hydrogen (secondary N) is 1. The molecular formula is C12H12FN5O2. The lowest BCUT2D eigenvalue weighted by Gasteiger charge is -2.10. The third kappa shape index (κ3) is 2.44. The molecule has 0 aliphatic heterocycles. The summed E-state index contributed by atoms with van der Waals surface area (Å²) in [7, 11) is 1.60. The number of hydrogen-bond donors (Lipinski definition) is 3. The van der Waals surface area contributed by atoms with Crippen LogP contribution in [-0.2, 0) is 7.05 Å². The van der Waals surface area contributed by atoms with Crippen LogP contribution >= 0.6 is 0 Å². The Labute approximate surface area is 113 Å². The maximum absolute atomic E-state index is 13.7. The van der Waals surface area contributed by atoms with Crippen molar-refractivity contribution in [2.45, 2.75) is 0 Å². The van der Waals surface area contributed by atoms with E-state index >= 15 is 0 Å². The van der Waals surface area contributed by atoms with Crippen molar-refractivity contribution in [3.05, 3.63) is 47.5 Å². The van der Waals surface area contributed by atoms with Gasteiger partial charge in [-0.3, -0.25) is 9.48 Å². The number of anilines is 1. The lowest BCUT2D eigenvalue weighted by atomic mass is 10.1. The van der Waals surface area contributed by atoms with Crippen LogP contribution < -0.4 is 11.1 Å². The molecule has 2 rings (SSSR count). The van der Waals surface area contributed by atoms with Crippen molar-refractivity contribution in [1.29, 1.82) is 0 Å². The first-order chi connectivity index (χ1) is 9.54. The number of benzene rings is 1. The smallest absolute Gasteiger partial charge is 0.273 e. The Balaban J connectivity index is 2.38. The maximum atomic E-state index is 13.7. The number of halogens is 1. The molecular weight excluding hydrogens is 265 g/mol. The third-order valence-corrected chi connectivity index (χ3v) is 2.68. The van der Waals surface area contributed by atoms with E-state index in [2.05, 4.69) is 15.6 Å². The number of aryl methyl sites for hydroxylation is 1. The van der Waals surface area contributed by atoms with Crippen molar-refractivity contribution in [3.8, 4) is 0 Å². The van der Waals surface area contributed by atoms with E-state index in [9.17, 15) is 9.18 Å². The molecule has 1 aromatic heterocycles. The Hall–Kier alpha value is -2.90. The molecule has 0 fully saturated rings. The van der Waals surface area contributed by atoms with E-state index < -0.39 is 17.6 Å².